The number of carboxylic acids is 1. The van der Waals surface area contributed by atoms with Crippen LogP contribution in [0, 0.1) is 5.82 Å². The maximum Gasteiger partial charge on any atom is 0.305 e. The highest BCUT2D eigenvalue weighted by atomic mass is 19.1. The van der Waals surface area contributed by atoms with Crippen molar-refractivity contribution in [3.63, 3.8) is 0 Å². The Morgan fingerprint density at radius 2 is 1.96 bits per heavy atom. The molecule has 1 aliphatic rings. The first-order chi connectivity index (χ1) is 12.9. The Bertz CT molecular complexity index is 869. The zero-order chi connectivity index (χ0) is 19.6. The third-order valence-corrected chi connectivity index (χ3v) is 4.58. The summed E-state index contributed by atoms with van der Waals surface area (Å²) in [6.45, 7) is 0.318. The summed E-state index contributed by atoms with van der Waals surface area (Å²) in [4.78, 5) is 29.6. The summed E-state index contributed by atoms with van der Waals surface area (Å²) in [6, 6.07) is 5.27. The van der Waals surface area contributed by atoms with Gasteiger partial charge in [-0.05, 0) is 41.8 Å². The number of fused-ring (bicyclic) bond motifs is 1. The van der Waals surface area contributed by atoms with Gasteiger partial charge in [0.05, 0.1) is 32.9 Å². The molecular weight excluding hydrogens is 355 g/mol. The molecule has 0 spiro atoms. The first-order valence-electron chi connectivity index (χ1n) is 8.33. The quantitative estimate of drug-likeness (QED) is 0.865. The maximum atomic E-state index is 13.1. The SMILES string of the molecule is COc1cc2c(cc1OC)C(CC(=O)O)N(C(=O)c1ccc(F)cn1)CC2. The van der Waals surface area contributed by atoms with Gasteiger partial charge in [0.2, 0.25) is 0 Å². The number of rotatable bonds is 5. The van der Waals surface area contributed by atoms with Crippen LogP contribution >= 0.6 is 0 Å². The fourth-order valence-corrected chi connectivity index (χ4v) is 3.31. The summed E-state index contributed by atoms with van der Waals surface area (Å²) < 4.78 is 23.7. The number of pyridine rings is 1. The van der Waals surface area contributed by atoms with Crippen molar-refractivity contribution in [3.8, 4) is 11.5 Å². The van der Waals surface area contributed by atoms with E-state index in [1.54, 1.807) is 12.1 Å². The summed E-state index contributed by atoms with van der Waals surface area (Å²) in [5.41, 5.74) is 1.66. The molecule has 0 saturated heterocycles. The lowest BCUT2D eigenvalue weighted by Gasteiger charge is -2.37. The van der Waals surface area contributed by atoms with Gasteiger partial charge in [-0.2, -0.15) is 0 Å². The number of carboxylic acid groups (broad SMARTS) is 1. The topological polar surface area (TPSA) is 89.0 Å². The number of ether oxygens (including phenoxy) is 2. The fraction of sp³-hybridized carbons (Fsp3) is 0.316. The first kappa shape index (κ1) is 18.6. The van der Waals surface area contributed by atoms with Crippen LogP contribution in [0.25, 0.3) is 0 Å². The van der Waals surface area contributed by atoms with E-state index < -0.39 is 23.7 Å². The highest BCUT2D eigenvalue weighted by Crippen LogP contribution is 2.39. The van der Waals surface area contributed by atoms with Crippen LogP contribution in [-0.4, -0.2) is 47.6 Å². The standard InChI is InChI=1S/C19H19FN2O5/c1-26-16-7-11-5-6-22(19(25)14-4-3-12(20)10-21-14)15(9-18(23)24)13(11)8-17(16)27-2/h3-4,7-8,10,15H,5-6,9H2,1-2H3,(H,23,24). The third-order valence-electron chi connectivity index (χ3n) is 4.58. The van der Waals surface area contributed by atoms with Crippen LogP contribution in [-0.2, 0) is 11.2 Å². The molecule has 1 N–H and O–H groups in total. The molecule has 3 rings (SSSR count). The molecule has 1 unspecified atom stereocenters. The van der Waals surface area contributed by atoms with Gasteiger partial charge in [-0.1, -0.05) is 0 Å². The van der Waals surface area contributed by atoms with E-state index in [1.807, 2.05) is 0 Å². The molecule has 8 heteroatoms. The molecule has 27 heavy (non-hydrogen) atoms. The van der Waals surface area contributed by atoms with Gasteiger partial charge in [0.25, 0.3) is 5.91 Å². The summed E-state index contributed by atoms with van der Waals surface area (Å²) in [5, 5.41) is 9.37. The second kappa shape index (κ2) is 7.61. The molecule has 1 aromatic carbocycles. The van der Waals surface area contributed by atoms with Crippen LogP contribution in [0.4, 0.5) is 4.39 Å². The summed E-state index contributed by atoms with van der Waals surface area (Å²) >= 11 is 0. The van der Waals surface area contributed by atoms with Crippen molar-refractivity contribution in [1.82, 2.24) is 9.88 Å². The Labute approximate surface area is 155 Å². The minimum atomic E-state index is -1.03. The number of methoxy groups -OCH3 is 2. The van der Waals surface area contributed by atoms with Crippen molar-refractivity contribution in [2.24, 2.45) is 0 Å². The highest BCUT2D eigenvalue weighted by Gasteiger charge is 2.34. The average molecular weight is 374 g/mol. The molecule has 2 heterocycles. The number of hydrogen-bond acceptors (Lipinski definition) is 5. The van der Waals surface area contributed by atoms with E-state index in [0.29, 0.717) is 30.0 Å². The van der Waals surface area contributed by atoms with Crippen molar-refractivity contribution in [3.05, 3.63) is 53.1 Å². The van der Waals surface area contributed by atoms with Gasteiger partial charge >= 0.3 is 5.97 Å². The lowest BCUT2D eigenvalue weighted by molar-refractivity contribution is -0.138. The van der Waals surface area contributed by atoms with Gasteiger partial charge in [0.1, 0.15) is 11.5 Å². The second-order valence-electron chi connectivity index (χ2n) is 6.13. The summed E-state index contributed by atoms with van der Waals surface area (Å²) in [5.74, 6) is -1.02. The minimum Gasteiger partial charge on any atom is -0.493 e. The van der Waals surface area contributed by atoms with E-state index in [9.17, 15) is 19.1 Å². The molecule has 0 bridgehead atoms. The maximum absolute atomic E-state index is 13.1. The van der Waals surface area contributed by atoms with E-state index in [0.717, 1.165) is 17.8 Å². The van der Waals surface area contributed by atoms with E-state index in [2.05, 4.69) is 4.98 Å². The van der Waals surface area contributed by atoms with Crippen molar-refractivity contribution in [2.75, 3.05) is 20.8 Å². The number of benzene rings is 1. The molecule has 0 radical (unpaired) electrons. The largest absolute Gasteiger partial charge is 0.493 e. The Morgan fingerprint density at radius 3 is 2.56 bits per heavy atom. The lowest BCUT2D eigenvalue weighted by Crippen LogP contribution is -2.41. The molecule has 1 aromatic heterocycles. The van der Waals surface area contributed by atoms with E-state index >= 15 is 0 Å². The van der Waals surface area contributed by atoms with Crippen LogP contribution in [0.2, 0.25) is 0 Å². The molecule has 0 saturated carbocycles. The molecule has 7 nitrogen and oxygen atoms in total. The number of aromatic nitrogens is 1. The van der Waals surface area contributed by atoms with E-state index in [1.165, 1.54) is 25.2 Å². The smallest absolute Gasteiger partial charge is 0.305 e. The van der Waals surface area contributed by atoms with Crippen molar-refractivity contribution in [2.45, 2.75) is 18.9 Å². The lowest BCUT2D eigenvalue weighted by atomic mass is 9.89. The Kier molecular flexibility index (Phi) is 5.25. The zero-order valence-corrected chi connectivity index (χ0v) is 14.9. The van der Waals surface area contributed by atoms with Gasteiger partial charge in [-0.25, -0.2) is 9.37 Å². The number of carbonyl (C=O) groups is 2. The summed E-state index contributed by atoms with van der Waals surface area (Å²) in [6.07, 6.45) is 1.22. The number of hydrogen-bond donors (Lipinski definition) is 1. The van der Waals surface area contributed by atoms with Gasteiger partial charge in [0, 0.05) is 6.54 Å². The predicted octanol–water partition coefficient (Wildman–Crippen LogP) is 2.45. The van der Waals surface area contributed by atoms with Crippen LogP contribution in [0.3, 0.4) is 0 Å². The Balaban J connectivity index is 2.02. The average Bonchev–Trinajstić information content (AvgIpc) is 2.66. The number of halogens is 1. The molecule has 142 valence electrons. The highest BCUT2D eigenvalue weighted by molar-refractivity contribution is 5.93. The van der Waals surface area contributed by atoms with Crippen LogP contribution in [0.1, 0.15) is 34.1 Å². The number of carbonyl (C=O) groups excluding carboxylic acids is 1. The third kappa shape index (κ3) is 3.69. The molecule has 1 atom stereocenters. The van der Waals surface area contributed by atoms with Crippen molar-refractivity contribution < 1.29 is 28.6 Å². The predicted molar refractivity (Wildman–Crippen MR) is 93.5 cm³/mol. The number of nitrogens with zero attached hydrogens (tertiary/aromatic N) is 2. The van der Waals surface area contributed by atoms with Crippen molar-refractivity contribution >= 4 is 11.9 Å². The number of aliphatic carboxylic acids is 1. The monoisotopic (exact) mass is 374 g/mol. The van der Waals surface area contributed by atoms with E-state index in [-0.39, 0.29) is 12.1 Å². The van der Waals surface area contributed by atoms with Crippen molar-refractivity contribution in [1.29, 1.82) is 0 Å². The normalized spacial score (nSPS) is 15.8. The van der Waals surface area contributed by atoms with E-state index in [4.69, 9.17) is 9.47 Å². The number of amides is 1. The molecule has 0 aliphatic carbocycles. The minimum absolute atomic E-state index is 0.0655. The molecule has 1 aliphatic heterocycles. The van der Waals surface area contributed by atoms with Crippen LogP contribution in [0.15, 0.2) is 30.5 Å². The van der Waals surface area contributed by atoms with Gasteiger partial charge in [-0.15, -0.1) is 0 Å². The summed E-state index contributed by atoms with van der Waals surface area (Å²) in [7, 11) is 3.02. The van der Waals surface area contributed by atoms with Crippen LogP contribution in [0.5, 0.6) is 11.5 Å². The van der Waals surface area contributed by atoms with Gasteiger partial charge in [0.15, 0.2) is 11.5 Å². The fourth-order valence-electron chi connectivity index (χ4n) is 3.31. The van der Waals surface area contributed by atoms with Gasteiger partial charge < -0.3 is 19.5 Å². The molecule has 2 aromatic rings. The molecular formula is C19H19FN2O5. The molecule has 0 fully saturated rings. The van der Waals surface area contributed by atoms with Crippen LogP contribution < -0.4 is 9.47 Å². The first-order valence-corrected chi connectivity index (χ1v) is 8.33. The molecule has 1 amide bonds. The Hall–Kier alpha value is -3.16. The van der Waals surface area contributed by atoms with Gasteiger partial charge in [-0.3, -0.25) is 9.59 Å². The zero-order valence-electron chi connectivity index (χ0n) is 14.9. The Morgan fingerprint density at radius 1 is 1.26 bits per heavy atom. The second-order valence-corrected chi connectivity index (χ2v) is 6.13.